The lowest BCUT2D eigenvalue weighted by molar-refractivity contribution is -0.384. The number of ether oxygens (including phenoxy) is 1. The minimum absolute atomic E-state index is 0.186. The predicted octanol–water partition coefficient (Wildman–Crippen LogP) is 4.28. The van der Waals surface area contributed by atoms with E-state index in [0.29, 0.717) is 17.0 Å². The summed E-state index contributed by atoms with van der Waals surface area (Å²) in [5, 5.41) is 15.7. The number of nitrogens with zero attached hydrogens (tertiary/aromatic N) is 1. The summed E-state index contributed by atoms with van der Waals surface area (Å²) in [5.41, 5.74) is 1.72. The lowest BCUT2D eigenvalue weighted by Gasteiger charge is -2.31. The van der Waals surface area contributed by atoms with E-state index in [1.807, 2.05) is 0 Å². The van der Waals surface area contributed by atoms with Gasteiger partial charge in [0.2, 0.25) is 10.0 Å². The zero-order valence-corrected chi connectivity index (χ0v) is 20.9. The van der Waals surface area contributed by atoms with Crippen molar-refractivity contribution in [1.29, 1.82) is 0 Å². The number of nitro benzene ring substituents is 1. The summed E-state index contributed by atoms with van der Waals surface area (Å²) in [6.45, 7) is 10.2. The molecule has 1 aliphatic rings. The van der Waals surface area contributed by atoms with Crippen LogP contribution in [0.3, 0.4) is 0 Å². The van der Waals surface area contributed by atoms with Crippen molar-refractivity contribution < 1.29 is 22.9 Å². The van der Waals surface area contributed by atoms with Gasteiger partial charge in [-0.05, 0) is 64.8 Å². The summed E-state index contributed by atoms with van der Waals surface area (Å²) in [5.74, 6) is -1.53. The van der Waals surface area contributed by atoms with Crippen LogP contribution in [0.4, 0.5) is 5.69 Å². The summed E-state index contributed by atoms with van der Waals surface area (Å²) in [6.07, 6.45) is 0.947. The van der Waals surface area contributed by atoms with Crippen LogP contribution in [0, 0.1) is 10.1 Å². The minimum atomic E-state index is -3.78. The van der Waals surface area contributed by atoms with Crippen LogP contribution in [0.5, 0.6) is 0 Å². The first-order valence-corrected chi connectivity index (χ1v) is 12.2. The number of hydrogen-bond donors (Lipinski definition) is 2. The van der Waals surface area contributed by atoms with Crippen molar-refractivity contribution in [2.45, 2.75) is 59.6 Å². The summed E-state index contributed by atoms with van der Waals surface area (Å²) in [7, 11) is -3.78. The molecule has 2 rings (SSSR count). The smallest absolute Gasteiger partial charge is 0.337 e. The molecule has 1 heterocycles. The molecule has 1 aliphatic heterocycles. The number of allylic oxidation sites excluding steroid dienone is 4. The molecule has 180 valence electrons. The minimum Gasteiger partial charge on any atom is -0.460 e. The van der Waals surface area contributed by atoms with Crippen molar-refractivity contribution in [3.63, 3.8) is 0 Å². The molecule has 1 aromatic rings. The van der Waals surface area contributed by atoms with Crippen molar-refractivity contribution in [1.82, 2.24) is 10.0 Å². The second kappa shape index (κ2) is 10.5. The molecule has 0 radical (unpaired) electrons. The van der Waals surface area contributed by atoms with Crippen molar-refractivity contribution in [3.8, 4) is 0 Å². The Kier molecular flexibility index (Phi) is 8.45. The summed E-state index contributed by atoms with van der Waals surface area (Å²) in [6, 6.07) is 3.61. The second-order valence-electron chi connectivity index (χ2n) is 8.21. The maximum absolute atomic E-state index is 13.1. The molecule has 1 atom stereocenters. The number of hydrogen-bond acceptors (Lipinski definition) is 7. The van der Waals surface area contributed by atoms with Gasteiger partial charge in [0.25, 0.3) is 5.69 Å². The van der Waals surface area contributed by atoms with Gasteiger partial charge in [0.05, 0.1) is 16.6 Å². The highest BCUT2D eigenvalue weighted by Crippen LogP contribution is 2.43. The molecule has 0 fully saturated rings. The summed E-state index contributed by atoms with van der Waals surface area (Å²) in [4.78, 5) is 23.9. The number of rotatable bonds is 8. The molecular weight excluding hydrogens is 470 g/mol. The Bertz CT molecular complexity index is 1150. The van der Waals surface area contributed by atoms with Crippen LogP contribution in [0.2, 0.25) is 5.02 Å². The highest BCUT2D eigenvalue weighted by molar-refractivity contribution is 7.92. The number of benzene rings is 1. The molecule has 2 N–H and O–H groups in total. The molecule has 9 nitrogen and oxygen atoms in total. The normalized spacial score (nSPS) is 17.2. The fourth-order valence-electron chi connectivity index (χ4n) is 3.50. The number of carbonyl (C=O) groups excluding carboxylic acids is 1. The van der Waals surface area contributed by atoms with E-state index in [1.54, 1.807) is 41.5 Å². The lowest BCUT2D eigenvalue weighted by atomic mass is 9.80. The molecule has 0 spiro atoms. The number of nitro groups is 1. The predicted molar refractivity (Wildman–Crippen MR) is 127 cm³/mol. The van der Waals surface area contributed by atoms with Crippen LogP contribution in [0.15, 0.2) is 52.2 Å². The molecule has 33 heavy (non-hydrogen) atoms. The van der Waals surface area contributed by atoms with E-state index < -0.39 is 32.9 Å². The number of dihydropyridines is 1. The van der Waals surface area contributed by atoms with E-state index in [-0.39, 0.29) is 27.9 Å². The number of carbonyl (C=O) groups is 1. The van der Waals surface area contributed by atoms with Gasteiger partial charge in [-0.15, -0.1) is 0 Å². The Hall–Kier alpha value is -2.69. The number of esters is 1. The van der Waals surface area contributed by atoms with Gasteiger partial charge in [-0.2, -0.15) is 0 Å². The molecule has 1 aromatic carbocycles. The SMILES string of the molecule is CC1=C(C=CS(=O)(=O)NC(C)C)C(c2cc([N+](=O)[O-])ccc2Cl)C(C(=O)OC(C)C)=C(C)N1. The van der Waals surface area contributed by atoms with Crippen molar-refractivity contribution in [2.75, 3.05) is 0 Å². The van der Waals surface area contributed by atoms with E-state index >= 15 is 0 Å². The van der Waals surface area contributed by atoms with Gasteiger partial charge in [0.15, 0.2) is 0 Å². The molecule has 0 saturated heterocycles. The monoisotopic (exact) mass is 497 g/mol. The Morgan fingerprint density at radius 1 is 1.24 bits per heavy atom. The second-order valence-corrected chi connectivity index (χ2v) is 10.2. The highest BCUT2D eigenvalue weighted by Gasteiger charge is 2.35. The molecule has 11 heteroatoms. The summed E-state index contributed by atoms with van der Waals surface area (Å²) < 4.78 is 32.7. The van der Waals surface area contributed by atoms with E-state index in [2.05, 4.69) is 10.0 Å². The number of halogens is 1. The van der Waals surface area contributed by atoms with Crippen LogP contribution >= 0.6 is 11.6 Å². The molecular formula is C22H28ClN3O6S. The fraction of sp³-hybridized carbons (Fsp3) is 0.409. The zero-order valence-electron chi connectivity index (χ0n) is 19.3. The number of nitrogens with one attached hydrogen (secondary N) is 2. The van der Waals surface area contributed by atoms with Gasteiger partial charge in [0, 0.05) is 45.9 Å². The van der Waals surface area contributed by atoms with Crippen molar-refractivity contribution in [3.05, 3.63) is 72.9 Å². The van der Waals surface area contributed by atoms with Crippen LogP contribution in [-0.4, -0.2) is 31.5 Å². The van der Waals surface area contributed by atoms with Gasteiger partial charge >= 0.3 is 5.97 Å². The van der Waals surface area contributed by atoms with E-state index in [9.17, 15) is 23.3 Å². The third-order valence-electron chi connectivity index (χ3n) is 4.70. The third-order valence-corrected chi connectivity index (χ3v) is 6.34. The van der Waals surface area contributed by atoms with E-state index in [4.69, 9.17) is 16.3 Å². The third kappa shape index (κ3) is 6.66. The quantitative estimate of drug-likeness (QED) is 0.311. The topological polar surface area (TPSA) is 128 Å². The van der Waals surface area contributed by atoms with Crippen LogP contribution in [0.25, 0.3) is 0 Å². The maximum atomic E-state index is 13.1. The van der Waals surface area contributed by atoms with Gasteiger partial charge in [-0.3, -0.25) is 10.1 Å². The first-order valence-electron chi connectivity index (χ1n) is 10.3. The molecule has 1 unspecified atom stereocenters. The standard InChI is InChI=1S/C22H28ClN3O6S/c1-12(2)25-33(30,31)10-9-17-14(5)24-15(6)20(22(27)32-13(3)4)21(17)18-11-16(26(28)29)7-8-19(18)23/h7-13,21,24-25H,1-6H3. The van der Waals surface area contributed by atoms with Crippen LogP contribution < -0.4 is 10.0 Å². The Balaban J connectivity index is 2.75. The lowest BCUT2D eigenvalue weighted by Crippen LogP contribution is -2.30. The maximum Gasteiger partial charge on any atom is 0.337 e. The first kappa shape index (κ1) is 26.6. The van der Waals surface area contributed by atoms with Gasteiger partial charge in [-0.1, -0.05) is 11.6 Å². The highest BCUT2D eigenvalue weighted by atomic mass is 35.5. The Morgan fingerprint density at radius 2 is 1.88 bits per heavy atom. The van der Waals surface area contributed by atoms with Gasteiger partial charge in [-0.25, -0.2) is 17.9 Å². The average Bonchev–Trinajstić information content (AvgIpc) is 2.65. The van der Waals surface area contributed by atoms with Crippen LogP contribution in [-0.2, 0) is 19.6 Å². The molecule has 0 aromatic heterocycles. The number of non-ortho nitro benzene ring substituents is 1. The van der Waals surface area contributed by atoms with Gasteiger partial charge in [0.1, 0.15) is 0 Å². The van der Waals surface area contributed by atoms with E-state index in [0.717, 1.165) is 5.41 Å². The Morgan fingerprint density at radius 3 is 2.42 bits per heavy atom. The average molecular weight is 498 g/mol. The molecule has 0 saturated carbocycles. The summed E-state index contributed by atoms with van der Waals surface area (Å²) >= 11 is 6.43. The Labute approximate surface area is 198 Å². The molecule has 0 amide bonds. The van der Waals surface area contributed by atoms with Crippen molar-refractivity contribution >= 4 is 33.3 Å². The zero-order chi connectivity index (χ0) is 25.1. The van der Waals surface area contributed by atoms with Gasteiger partial charge < -0.3 is 10.1 Å². The van der Waals surface area contributed by atoms with Crippen LogP contribution in [0.1, 0.15) is 53.0 Å². The first-order chi connectivity index (χ1) is 15.2. The van der Waals surface area contributed by atoms with Crippen molar-refractivity contribution in [2.24, 2.45) is 0 Å². The largest absolute Gasteiger partial charge is 0.460 e. The number of sulfonamides is 1. The van der Waals surface area contributed by atoms with E-state index in [1.165, 1.54) is 24.3 Å². The molecule has 0 bridgehead atoms. The fourth-order valence-corrected chi connectivity index (χ4v) is 4.79. The molecule has 0 aliphatic carbocycles.